The van der Waals surface area contributed by atoms with Crippen LogP contribution in [-0.4, -0.2) is 86.4 Å². The largest absolute Gasteiger partial charge is 0.451 e. The number of ether oxygens (including phenoxy) is 1. The quantitative estimate of drug-likeness (QED) is 0.449. The lowest BCUT2D eigenvalue weighted by molar-refractivity contribution is -0.150. The number of benzene rings is 2. The zero-order valence-corrected chi connectivity index (χ0v) is 22.4. The van der Waals surface area contributed by atoms with Crippen molar-refractivity contribution in [3.8, 4) is 11.5 Å². The topological polar surface area (TPSA) is 135 Å². The number of nitrogens with two attached hydrogens (primary N) is 1. The molecule has 2 aliphatic heterocycles. The van der Waals surface area contributed by atoms with E-state index in [-0.39, 0.29) is 25.4 Å². The van der Waals surface area contributed by atoms with Gasteiger partial charge in [0.05, 0.1) is 4.90 Å². The van der Waals surface area contributed by atoms with E-state index in [1.165, 1.54) is 29.2 Å². The molecule has 0 aromatic heterocycles. The van der Waals surface area contributed by atoms with Crippen LogP contribution < -0.4 is 16.0 Å². The van der Waals surface area contributed by atoms with Crippen LogP contribution in [0.5, 0.6) is 11.5 Å². The number of rotatable bonds is 8. The smallest absolute Gasteiger partial charge is 0.344 e. The Morgan fingerprint density at radius 3 is 2.31 bits per heavy atom. The first-order valence-corrected chi connectivity index (χ1v) is 14.0. The third kappa shape index (κ3) is 6.76. The Balaban J connectivity index is 1.49. The molecule has 11 nitrogen and oxygen atoms in total. The number of nitrogens with zero attached hydrogens (tertiary/aromatic N) is 3. The highest BCUT2D eigenvalue weighted by Gasteiger charge is 2.43. The molecule has 0 bridgehead atoms. The van der Waals surface area contributed by atoms with Crippen molar-refractivity contribution in [2.45, 2.75) is 23.8 Å². The third-order valence-electron chi connectivity index (χ3n) is 6.52. The van der Waals surface area contributed by atoms with Crippen molar-refractivity contribution in [2.24, 2.45) is 5.90 Å². The van der Waals surface area contributed by atoms with Gasteiger partial charge in [-0.2, -0.15) is 10.2 Å². The molecule has 2 aliphatic rings. The molecular weight excluding hydrogens is 560 g/mol. The first-order valence-electron chi connectivity index (χ1n) is 12.2. The van der Waals surface area contributed by atoms with E-state index in [1.54, 1.807) is 0 Å². The Hall–Kier alpha value is -3.04. The van der Waals surface area contributed by atoms with Crippen molar-refractivity contribution in [2.75, 3.05) is 45.8 Å². The Bertz CT molecular complexity index is 1290. The summed E-state index contributed by atoms with van der Waals surface area (Å²) in [6, 6.07) is 4.84. The number of urea groups is 1. The molecule has 2 aromatic carbocycles. The molecule has 3 N–H and O–H groups in total. The fourth-order valence-corrected chi connectivity index (χ4v) is 6.20. The first-order chi connectivity index (χ1) is 18.6. The van der Waals surface area contributed by atoms with E-state index in [0.717, 1.165) is 25.9 Å². The fourth-order valence-electron chi connectivity index (χ4n) is 4.49. The molecule has 2 fully saturated rings. The maximum absolute atomic E-state index is 14.8. The second-order valence-corrected chi connectivity index (χ2v) is 11.4. The average Bonchev–Trinajstić information content (AvgIpc) is 3.44. The summed E-state index contributed by atoms with van der Waals surface area (Å²) in [7, 11) is -4.62. The molecule has 212 valence electrons. The lowest BCUT2D eigenvalue weighted by Gasteiger charge is -2.38. The fraction of sp³-hybridized carbons (Fsp3) is 0.417. The molecule has 0 unspecified atom stereocenters. The Morgan fingerprint density at radius 1 is 1.05 bits per heavy atom. The zero-order valence-electron chi connectivity index (χ0n) is 20.8. The summed E-state index contributed by atoms with van der Waals surface area (Å²) < 4.78 is 62.4. The summed E-state index contributed by atoms with van der Waals surface area (Å²) in [6.07, 6.45) is 2.22. The Morgan fingerprint density at radius 2 is 1.69 bits per heavy atom. The van der Waals surface area contributed by atoms with Crippen molar-refractivity contribution in [1.82, 2.24) is 19.4 Å². The average molecular weight is 588 g/mol. The molecular formula is C24H28ClF2N5O6S. The highest BCUT2D eigenvalue weighted by Crippen LogP contribution is 2.32. The van der Waals surface area contributed by atoms with Crippen LogP contribution in [0.15, 0.2) is 41.3 Å². The van der Waals surface area contributed by atoms with Gasteiger partial charge >= 0.3 is 12.0 Å². The van der Waals surface area contributed by atoms with E-state index in [2.05, 4.69) is 15.1 Å². The maximum atomic E-state index is 14.8. The number of halogens is 3. The van der Waals surface area contributed by atoms with Gasteiger partial charge < -0.3 is 24.7 Å². The van der Waals surface area contributed by atoms with E-state index < -0.39 is 50.3 Å². The number of hydrogen-bond acceptors (Lipinski definition) is 8. The number of likely N-dealkylation sites (tertiary alicyclic amines) is 1. The van der Waals surface area contributed by atoms with Gasteiger partial charge in [-0.25, -0.2) is 26.8 Å². The van der Waals surface area contributed by atoms with Crippen molar-refractivity contribution < 1.29 is 36.4 Å². The summed E-state index contributed by atoms with van der Waals surface area (Å²) in [4.78, 5) is 32.1. The summed E-state index contributed by atoms with van der Waals surface area (Å²) in [5, 5.41) is 3.14. The van der Waals surface area contributed by atoms with Crippen molar-refractivity contribution in [3.63, 3.8) is 0 Å². The lowest BCUT2D eigenvalue weighted by atomic mass is 10.2. The highest BCUT2D eigenvalue weighted by atomic mass is 35.5. The van der Waals surface area contributed by atoms with Gasteiger partial charge in [-0.15, -0.1) is 0 Å². The Labute approximate surface area is 229 Å². The Kier molecular flexibility index (Phi) is 9.23. The molecule has 4 rings (SSSR count). The zero-order chi connectivity index (χ0) is 28.2. The minimum atomic E-state index is -4.62. The van der Waals surface area contributed by atoms with Gasteiger partial charge in [-0.3, -0.25) is 0 Å². The number of carbonyl (C=O) groups is 2. The molecule has 0 radical (unpaired) electrons. The number of piperazine rings is 1. The van der Waals surface area contributed by atoms with E-state index in [1.807, 2.05) is 0 Å². The van der Waals surface area contributed by atoms with Gasteiger partial charge in [-0.1, -0.05) is 11.6 Å². The summed E-state index contributed by atoms with van der Waals surface area (Å²) >= 11 is 5.80. The first kappa shape index (κ1) is 29.0. The highest BCUT2D eigenvalue weighted by molar-refractivity contribution is 7.89. The summed E-state index contributed by atoms with van der Waals surface area (Å²) in [5.74, 6) is 0.603. The van der Waals surface area contributed by atoms with Crippen molar-refractivity contribution in [3.05, 3.63) is 53.1 Å². The third-order valence-corrected chi connectivity index (χ3v) is 8.66. The van der Waals surface area contributed by atoms with Crippen molar-refractivity contribution >= 4 is 33.6 Å². The van der Waals surface area contributed by atoms with Crippen LogP contribution in [0.3, 0.4) is 0 Å². The van der Waals surface area contributed by atoms with Gasteiger partial charge in [-0.05, 0) is 62.3 Å². The minimum absolute atomic E-state index is 0.0772. The van der Waals surface area contributed by atoms with Crippen LogP contribution >= 0.6 is 11.6 Å². The lowest BCUT2D eigenvalue weighted by Crippen LogP contribution is -2.61. The monoisotopic (exact) mass is 587 g/mol. The van der Waals surface area contributed by atoms with Crippen LogP contribution in [0, 0.1) is 11.6 Å². The molecule has 2 heterocycles. The molecule has 0 saturated carbocycles. The summed E-state index contributed by atoms with van der Waals surface area (Å²) in [5.41, 5.74) is 0. The molecule has 0 aliphatic carbocycles. The second kappa shape index (κ2) is 12.4. The summed E-state index contributed by atoms with van der Waals surface area (Å²) in [6.45, 7) is 2.20. The number of carbonyl (C=O) groups excluding carboxylic acids is 2. The van der Waals surface area contributed by atoms with Crippen LogP contribution in [0.1, 0.15) is 12.8 Å². The van der Waals surface area contributed by atoms with E-state index in [0.29, 0.717) is 34.6 Å². The molecule has 15 heteroatoms. The van der Waals surface area contributed by atoms with E-state index >= 15 is 0 Å². The van der Waals surface area contributed by atoms with Crippen LogP contribution in [0.4, 0.5) is 13.6 Å². The van der Waals surface area contributed by atoms with Crippen molar-refractivity contribution in [1.29, 1.82) is 0 Å². The maximum Gasteiger partial charge on any atom is 0.344 e. The van der Waals surface area contributed by atoms with Crippen LogP contribution in [-0.2, 0) is 19.7 Å². The molecule has 1 atom stereocenters. The van der Waals surface area contributed by atoms with Gasteiger partial charge in [0, 0.05) is 37.7 Å². The van der Waals surface area contributed by atoms with Crippen LogP contribution in [0.2, 0.25) is 5.02 Å². The second-order valence-electron chi connectivity index (χ2n) is 9.07. The predicted octanol–water partition coefficient (Wildman–Crippen LogP) is 2.31. The number of sulfonamides is 1. The van der Waals surface area contributed by atoms with E-state index in [4.69, 9.17) is 22.2 Å². The molecule has 2 amide bonds. The normalized spacial score (nSPS) is 18.7. The van der Waals surface area contributed by atoms with Gasteiger partial charge in [0.25, 0.3) is 0 Å². The standard InChI is InChI=1S/C24H28ClF2N5O6S/c25-16-3-5-17(6-4-16)37-22-19(26)13-18(14-20(22)27)39(35,36)32-12-11-31(15-21(32)23(33)38-28)24(34)29-7-10-30-8-1-2-9-30/h3-6,13-14,21H,1-2,7-12,15,28H2,(H,29,34)/t21-/m1/s1. The van der Waals surface area contributed by atoms with Gasteiger partial charge in [0.1, 0.15) is 11.8 Å². The number of amides is 2. The van der Waals surface area contributed by atoms with Gasteiger partial charge in [0.15, 0.2) is 17.4 Å². The molecule has 2 aromatic rings. The van der Waals surface area contributed by atoms with Gasteiger partial charge in [0.2, 0.25) is 10.0 Å². The predicted molar refractivity (Wildman–Crippen MR) is 136 cm³/mol. The van der Waals surface area contributed by atoms with Crippen LogP contribution in [0.25, 0.3) is 0 Å². The number of hydrogen-bond donors (Lipinski definition) is 2. The minimum Gasteiger partial charge on any atom is -0.451 e. The SMILES string of the molecule is NOC(=O)[C@H]1CN(C(=O)NCCN2CCCC2)CCN1S(=O)(=O)c1cc(F)c(Oc2ccc(Cl)cc2)c(F)c1. The molecule has 2 saturated heterocycles. The molecule has 0 spiro atoms. The number of nitrogens with one attached hydrogen (secondary N) is 1. The molecule has 39 heavy (non-hydrogen) atoms. The van der Waals surface area contributed by atoms with E-state index in [9.17, 15) is 26.8 Å².